The Morgan fingerprint density at radius 2 is 2.19 bits per heavy atom. The molecule has 0 amide bonds. The van der Waals surface area contributed by atoms with Crippen molar-refractivity contribution in [3.8, 4) is 0 Å². The Balaban J connectivity index is 2.05. The SMILES string of the molecule is O=C(O)Cn1cc(CNS(=O)(=O)c2cncc(F)c2)nn1. The van der Waals surface area contributed by atoms with Gasteiger partial charge in [-0.15, -0.1) is 5.10 Å². The van der Waals surface area contributed by atoms with E-state index in [4.69, 9.17) is 5.11 Å². The molecule has 0 fully saturated rings. The fraction of sp³-hybridized carbons (Fsp3) is 0.200. The number of carboxylic acids is 1. The van der Waals surface area contributed by atoms with E-state index in [1.807, 2.05) is 0 Å². The maximum absolute atomic E-state index is 12.9. The van der Waals surface area contributed by atoms with E-state index in [0.29, 0.717) is 0 Å². The molecule has 11 heteroatoms. The van der Waals surface area contributed by atoms with Gasteiger partial charge in [-0.25, -0.2) is 22.2 Å². The highest BCUT2D eigenvalue weighted by Crippen LogP contribution is 2.08. The van der Waals surface area contributed by atoms with Crippen LogP contribution in [0.1, 0.15) is 5.69 Å². The summed E-state index contributed by atoms with van der Waals surface area (Å²) in [6.07, 6.45) is 3.18. The standard InChI is InChI=1S/C10H10FN5O4S/c11-7-1-9(4-12-2-7)21(19,20)13-3-8-5-16(15-14-8)6-10(17)18/h1-2,4-5,13H,3,6H2,(H,17,18). The van der Waals surface area contributed by atoms with Gasteiger partial charge in [0.25, 0.3) is 0 Å². The second-order valence-electron chi connectivity index (χ2n) is 3.96. The van der Waals surface area contributed by atoms with Crippen LogP contribution < -0.4 is 4.72 Å². The van der Waals surface area contributed by atoms with Crippen LogP contribution in [0.2, 0.25) is 0 Å². The van der Waals surface area contributed by atoms with Gasteiger partial charge in [0.1, 0.15) is 17.3 Å². The summed E-state index contributed by atoms with van der Waals surface area (Å²) in [5.41, 5.74) is 0.226. The number of hydrogen-bond acceptors (Lipinski definition) is 6. The Morgan fingerprint density at radius 3 is 2.86 bits per heavy atom. The number of carboxylic acid groups (broad SMARTS) is 1. The van der Waals surface area contributed by atoms with E-state index in [1.165, 1.54) is 6.20 Å². The molecule has 2 rings (SSSR count). The molecule has 2 aromatic rings. The summed E-state index contributed by atoms with van der Waals surface area (Å²) in [5.74, 6) is -1.87. The van der Waals surface area contributed by atoms with Crippen molar-refractivity contribution in [2.24, 2.45) is 0 Å². The zero-order valence-electron chi connectivity index (χ0n) is 10.5. The van der Waals surface area contributed by atoms with Gasteiger partial charge < -0.3 is 5.11 Å². The Kier molecular flexibility index (Phi) is 4.23. The maximum atomic E-state index is 12.9. The summed E-state index contributed by atoms with van der Waals surface area (Å²) >= 11 is 0. The van der Waals surface area contributed by atoms with Gasteiger partial charge in [-0.05, 0) is 6.07 Å². The first-order chi connectivity index (χ1) is 9.87. The van der Waals surface area contributed by atoms with Gasteiger partial charge >= 0.3 is 5.97 Å². The van der Waals surface area contributed by atoms with E-state index in [9.17, 15) is 17.6 Å². The van der Waals surface area contributed by atoms with Crippen molar-refractivity contribution >= 4 is 16.0 Å². The molecule has 0 spiro atoms. The third-order valence-corrected chi connectivity index (χ3v) is 3.68. The van der Waals surface area contributed by atoms with E-state index in [-0.39, 0.29) is 23.7 Å². The highest BCUT2D eigenvalue weighted by Gasteiger charge is 2.16. The molecule has 0 aliphatic rings. The third kappa shape index (κ3) is 4.03. The first kappa shape index (κ1) is 15.0. The molecule has 112 valence electrons. The number of pyridine rings is 1. The van der Waals surface area contributed by atoms with Gasteiger partial charge in [0.2, 0.25) is 10.0 Å². The highest BCUT2D eigenvalue weighted by atomic mass is 32.2. The van der Waals surface area contributed by atoms with Crippen LogP contribution in [0.15, 0.2) is 29.6 Å². The number of carbonyl (C=O) groups is 1. The van der Waals surface area contributed by atoms with Crippen molar-refractivity contribution in [2.75, 3.05) is 0 Å². The minimum absolute atomic E-state index is 0.210. The molecule has 2 N–H and O–H groups in total. The maximum Gasteiger partial charge on any atom is 0.325 e. The topological polar surface area (TPSA) is 127 Å². The van der Waals surface area contributed by atoms with Crippen LogP contribution in [-0.2, 0) is 27.9 Å². The number of aliphatic carboxylic acids is 1. The largest absolute Gasteiger partial charge is 0.480 e. The summed E-state index contributed by atoms with van der Waals surface area (Å²) in [4.78, 5) is 13.6. The van der Waals surface area contributed by atoms with Crippen LogP contribution >= 0.6 is 0 Å². The molecule has 0 saturated heterocycles. The molecule has 21 heavy (non-hydrogen) atoms. The number of hydrogen-bond donors (Lipinski definition) is 2. The van der Waals surface area contributed by atoms with Crippen molar-refractivity contribution in [2.45, 2.75) is 18.0 Å². The van der Waals surface area contributed by atoms with Crippen LogP contribution in [-0.4, -0.2) is 39.5 Å². The van der Waals surface area contributed by atoms with Crippen molar-refractivity contribution in [3.05, 3.63) is 36.2 Å². The van der Waals surface area contributed by atoms with Crippen LogP contribution in [0.25, 0.3) is 0 Å². The number of nitrogens with one attached hydrogen (secondary N) is 1. The van der Waals surface area contributed by atoms with Gasteiger partial charge in [0.05, 0.1) is 24.6 Å². The molecular weight excluding hydrogens is 305 g/mol. The summed E-state index contributed by atoms with van der Waals surface area (Å²) < 4.78 is 39.9. The number of halogens is 1. The lowest BCUT2D eigenvalue weighted by molar-refractivity contribution is -0.137. The van der Waals surface area contributed by atoms with Gasteiger partial charge in [-0.2, -0.15) is 0 Å². The summed E-state index contributed by atoms with van der Waals surface area (Å²) in [6, 6.07) is 0.830. The van der Waals surface area contributed by atoms with E-state index in [0.717, 1.165) is 23.1 Å². The quantitative estimate of drug-likeness (QED) is 0.727. The molecule has 0 saturated carbocycles. The van der Waals surface area contributed by atoms with Crippen LogP contribution in [0.5, 0.6) is 0 Å². The molecule has 0 radical (unpaired) electrons. The van der Waals surface area contributed by atoms with E-state index < -0.39 is 21.8 Å². The molecule has 0 atom stereocenters. The lowest BCUT2D eigenvalue weighted by atomic mass is 10.5. The molecular formula is C10H10FN5O4S. The lowest BCUT2D eigenvalue weighted by Crippen LogP contribution is -2.23. The normalized spacial score (nSPS) is 11.5. The molecule has 2 aromatic heterocycles. The molecule has 0 bridgehead atoms. The number of nitrogens with zero attached hydrogens (tertiary/aromatic N) is 4. The minimum Gasteiger partial charge on any atom is -0.480 e. The summed E-state index contributed by atoms with van der Waals surface area (Å²) in [5, 5.41) is 15.7. The predicted molar refractivity (Wildman–Crippen MR) is 65.9 cm³/mol. The minimum atomic E-state index is -3.94. The average Bonchev–Trinajstić information content (AvgIpc) is 2.83. The van der Waals surface area contributed by atoms with Gasteiger partial charge in [-0.1, -0.05) is 5.21 Å². The average molecular weight is 315 g/mol. The molecule has 2 heterocycles. The number of rotatable bonds is 6. The predicted octanol–water partition coefficient (Wildman–Crippen LogP) is -0.625. The van der Waals surface area contributed by atoms with Crippen molar-refractivity contribution < 1.29 is 22.7 Å². The molecule has 0 aliphatic carbocycles. The Hall–Kier alpha value is -2.40. The zero-order chi connectivity index (χ0) is 15.5. The van der Waals surface area contributed by atoms with Crippen molar-refractivity contribution in [3.63, 3.8) is 0 Å². The first-order valence-corrected chi connectivity index (χ1v) is 7.06. The fourth-order valence-corrected chi connectivity index (χ4v) is 2.40. The van der Waals surface area contributed by atoms with Crippen LogP contribution in [0, 0.1) is 5.82 Å². The Morgan fingerprint density at radius 1 is 1.43 bits per heavy atom. The van der Waals surface area contributed by atoms with Crippen molar-refractivity contribution in [1.29, 1.82) is 0 Å². The summed E-state index contributed by atoms with van der Waals surface area (Å²) in [7, 11) is -3.94. The third-order valence-electron chi connectivity index (χ3n) is 2.32. The highest BCUT2D eigenvalue weighted by molar-refractivity contribution is 7.89. The fourth-order valence-electron chi connectivity index (χ4n) is 1.43. The lowest BCUT2D eigenvalue weighted by Gasteiger charge is -2.04. The van der Waals surface area contributed by atoms with Gasteiger partial charge in [0, 0.05) is 6.20 Å². The Labute approximate surface area is 118 Å². The second kappa shape index (κ2) is 5.93. The van der Waals surface area contributed by atoms with E-state index in [1.54, 1.807) is 0 Å². The Bertz CT molecular complexity index is 760. The van der Waals surface area contributed by atoms with E-state index >= 15 is 0 Å². The molecule has 0 unspecified atom stereocenters. The van der Waals surface area contributed by atoms with Crippen molar-refractivity contribution in [1.82, 2.24) is 24.7 Å². The molecule has 9 nitrogen and oxygen atoms in total. The second-order valence-corrected chi connectivity index (χ2v) is 5.73. The van der Waals surface area contributed by atoms with E-state index in [2.05, 4.69) is 20.0 Å². The monoisotopic (exact) mass is 315 g/mol. The van der Waals surface area contributed by atoms with Gasteiger partial charge in [0.15, 0.2) is 0 Å². The van der Waals surface area contributed by atoms with Gasteiger partial charge in [-0.3, -0.25) is 9.78 Å². The zero-order valence-corrected chi connectivity index (χ0v) is 11.3. The van der Waals surface area contributed by atoms with Crippen LogP contribution in [0.3, 0.4) is 0 Å². The summed E-state index contributed by atoms with van der Waals surface area (Å²) in [6.45, 7) is -0.591. The molecule has 0 aliphatic heterocycles. The molecule has 0 aromatic carbocycles. The first-order valence-electron chi connectivity index (χ1n) is 5.58. The smallest absolute Gasteiger partial charge is 0.325 e. The van der Waals surface area contributed by atoms with Crippen LogP contribution in [0.4, 0.5) is 4.39 Å². The number of sulfonamides is 1. The number of aromatic nitrogens is 4.